The number of nitrogens with zero attached hydrogens (tertiary/aromatic N) is 3. The summed E-state index contributed by atoms with van der Waals surface area (Å²) in [5.74, 6) is 1.70. The molecule has 2 aromatic heterocycles. The quantitative estimate of drug-likeness (QED) is 0.852. The second-order valence-corrected chi connectivity index (χ2v) is 6.67. The molecule has 1 N–H and O–H groups in total. The minimum Gasteiger partial charge on any atom is -0.354 e. The Kier molecular flexibility index (Phi) is 5.70. The van der Waals surface area contributed by atoms with Crippen molar-refractivity contribution >= 4 is 17.2 Å². The third-order valence-electron chi connectivity index (χ3n) is 3.32. The highest BCUT2D eigenvalue weighted by atomic mass is 32.1. The highest BCUT2D eigenvalue weighted by molar-refractivity contribution is 7.09. The standard InChI is InChI=1S/C16H24N4S/c1-12(2)8-17-9-14-6-5-7-18-16(14)20(4)10-15-13(3)19-11-21-15/h5-7,11-12,17H,8-10H2,1-4H3. The summed E-state index contributed by atoms with van der Waals surface area (Å²) >= 11 is 1.70. The molecule has 0 aromatic carbocycles. The van der Waals surface area contributed by atoms with Gasteiger partial charge in [0, 0.05) is 30.2 Å². The van der Waals surface area contributed by atoms with Gasteiger partial charge in [0.1, 0.15) is 5.82 Å². The number of hydrogen-bond donors (Lipinski definition) is 1. The summed E-state index contributed by atoms with van der Waals surface area (Å²) in [6.45, 7) is 9.22. The van der Waals surface area contributed by atoms with Crippen LogP contribution in [-0.2, 0) is 13.1 Å². The van der Waals surface area contributed by atoms with Crippen molar-refractivity contribution in [3.8, 4) is 0 Å². The van der Waals surface area contributed by atoms with Gasteiger partial charge in [0.15, 0.2) is 0 Å². The Morgan fingerprint density at radius 1 is 1.33 bits per heavy atom. The second kappa shape index (κ2) is 7.52. The highest BCUT2D eigenvalue weighted by Gasteiger charge is 2.11. The first-order valence-electron chi connectivity index (χ1n) is 7.32. The van der Waals surface area contributed by atoms with Gasteiger partial charge in [-0.15, -0.1) is 11.3 Å². The lowest BCUT2D eigenvalue weighted by molar-refractivity contribution is 0.551. The normalized spacial score (nSPS) is 11.1. The Bertz CT molecular complexity index is 565. The maximum absolute atomic E-state index is 4.56. The minimum absolute atomic E-state index is 0.655. The van der Waals surface area contributed by atoms with Crippen molar-refractivity contribution in [2.24, 2.45) is 5.92 Å². The van der Waals surface area contributed by atoms with Crippen LogP contribution in [0.2, 0.25) is 0 Å². The van der Waals surface area contributed by atoms with Crippen LogP contribution in [0.1, 0.15) is 30.0 Å². The first-order valence-corrected chi connectivity index (χ1v) is 8.20. The molecule has 0 bridgehead atoms. The number of rotatable bonds is 7. The van der Waals surface area contributed by atoms with Crippen LogP contribution in [-0.4, -0.2) is 23.6 Å². The van der Waals surface area contributed by atoms with E-state index in [1.165, 1.54) is 10.4 Å². The number of aryl methyl sites for hydroxylation is 1. The molecule has 21 heavy (non-hydrogen) atoms. The Morgan fingerprint density at radius 3 is 2.81 bits per heavy atom. The largest absolute Gasteiger partial charge is 0.354 e. The van der Waals surface area contributed by atoms with E-state index in [0.717, 1.165) is 31.1 Å². The van der Waals surface area contributed by atoms with Crippen LogP contribution in [0.25, 0.3) is 0 Å². The predicted octanol–water partition coefficient (Wildman–Crippen LogP) is 3.23. The molecule has 4 nitrogen and oxygen atoms in total. The number of anilines is 1. The lowest BCUT2D eigenvalue weighted by atomic mass is 10.2. The lowest BCUT2D eigenvalue weighted by Gasteiger charge is -2.21. The summed E-state index contributed by atoms with van der Waals surface area (Å²) in [6, 6.07) is 4.15. The molecule has 0 saturated carbocycles. The van der Waals surface area contributed by atoms with E-state index in [9.17, 15) is 0 Å². The SMILES string of the molecule is Cc1ncsc1CN(C)c1ncccc1CNCC(C)C. The Balaban J connectivity index is 2.06. The molecule has 114 valence electrons. The number of nitrogens with one attached hydrogen (secondary N) is 1. The molecule has 0 amide bonds. The molecule has 2 aromatic rings. The molecule has 0 aliphatic rings. The van der Waals surface area contributed by atoms with Gasteiger partial charge in [-0.2, -0.15) is 0 Å². The number of pyridine rings is 1. The molecule has 2 heterocycles. The summed E-state index contributed by atoms with van der Waals surface area (Å²) in [7, 11) is 2.09. The minimum atomic E-state index is 0.655. The van der Waals surface area contributed by atoms with E-state index in [0.29, 0.717) is 5.92 Å². The van der Waals surface area contributed by atoms with Crippen LogP contribution in [0.15, 0.2) is 23.8 Å². The fourth-order valence-corrected chi connectivity index (χ4v) is 3.01. The summed E-state index contributed by atoms with van der Waals surface area (Å²) in [5.41, 5.74) is 4.26. The Morgan fingerprint density at radius 2 is 2.14 bits per heavy atom. The van der Waals surface area contributed by atoms with E-state index in [2.05, 4.69) is 54.1 Å². The van der Waals surface area contributed by atoms with Gasteiger partial charge in [0.25, 0.3) is 0 Å². The number of aromatic nitrogens is 2. The fourth-order valence-electron chi connectivity index (χ4n) is 2.18. The molecular weight excluding hydrogens is 280 g/mol. The van der Waals surface area contributed by atoms with E-state index < -0.39 is 0 Å². The van der Waals surface area contributed by atoms with Crippen LogP contribution < -0.4 is 10.2 Å². The van der Waals surface area contributed by atoms with Gasteiger partial charge in [-0.05, 0) is 25.5 Å². The van der Waals surface area contributed by atoms with Crippen molar-refractivity contribution < 1.29 is 0 Å². The van der Waals surface area contributed by atoms with Crippen LogP contribution in [0.3, 0.4) is 0 Å². The van der Waals surface area contributed by atoms with Crippen molar-refractivity contribution in [1.29, 1.82) is 0 Å². The maximum Gasteiger partial charge on any atom is 0.133 e. The van der Waals surface area contributed by atoms with E-state index in [-0.39, 0.29) is 0 Å². The van der Waals surface area contributed by atoms with Crippen molar-refractivity contribution in [1.82, 2.24) is 15.3 Å². The average molecular weight is 304 g/mol. The van der Waals surface area contributed by atoms with E-state index in [4.69, 9.17) is 0 Å². The molecule has 0 aliphatic carbocycles. The van der Waals surface area contributed by atoms with E-state index >= 15 is 0 Å². The summed E-state index contributed by atoms with van der Waals surface area (Å²) in [4.78, 5) is 12.4. The summed E-state index contributed by atoms with van der Waals surface area (Å²) in [5, 5.41) is 3.49. The molecule has 0 unspecified atom stereocenters. The highest BCUT2D eigenvalue weighted by Crippen LogP contribution is 2.21. The molecule has 0 spiro atoms. The van der Waals surface area contributed by atoms with Crippen LogP contribution in [0.5, 0.6) is 0 Å². The van der Waals surface area contributed by atoms with Crippen LogP contribution in [0.4, 0.5) is 5.82 Å². The monoisotopic (exact) mass is 304 g/mol. The first-order chi connectivity index (χ1) is 10.1. The fraction of sp³-hybridized carbons (Fsp3) is 0.500. The molecule has 2 rings (SSSR count). The van der Waals surface area contributed by atoms with Crippen LogP contribution >= 0.6 is 11.3 Å². The maximum atomic E-state index is 4.56. The van der Waals surface area contributed by atoms with Crippen molar-refractivity contribution in [2.75, 3.05) is 18.5 Å². The third kappa shape index (κ3) is 4.51. The van der Waals surface area contributed by atoms with Gasteiger partial charge >= 0.3 is 0 Å². The van der Waals surface area contributed by atoms with E-state index in [1.807, 2.05) is 17.8 Å². The molecule has 0 aliphatic heterocycles. The van der Waals surface area contributed by atoms with Crippen molar-refractivity contribution in [3.63, 3.8) is 0 Å². The third-order valence-corrected chi connectivity index (χ3v) is 4.24. The Labute approximate surface area is 131 Å². The zero-order valence-electron chi connectivity index (χ0n) is 13.3. The molecule has 0 saturated heterocycles. The zero-order chi connectivity index (χ0) is 15.2. The van der Waals surface area contributed by atoms with Gasteiger partial charge in [-0.1, -0.05) is 19.9 Å². The Hall–Kier alpha value is -1.46. The summed E-state index contributed by atoms with van der Waals surface area (Å²) < 4.78 is 0. The van der Waals surface area contributed by atoms with E-state index in [1.54, 1.807) is 11.3 Å². The second-order valence-electron chi connectivity index (χ2n) is 5.73. The van der Waals surface area contributed by atoms with Gasteiger partial charge < -0.3 is 10.2 Å². The molecule has 0 atom stereocenters. The van der Waals surface area contributed by atoms with Crippen molar-refractivity contribution in [3.05, 3.63) is 40.0 Å². The average Bonchev–Trinajstić information content (AvgIpc) is 2.84. The molecule has 5 heteroatoms. The predicted molar refractivity (Wildman–Crippen MR) is 89.7 cm³/mol. The van der Waals surface area contributed by atoms with Gasteiger partial charge in [0.05, 0.1) is 17.7 Å². The molecule has 0 radical (unpaired) electrons. The van der Waals surface area contributed by atoms with Gasteiger partial charge in [-0.25, -0.2) is 9.97 Å². The van der Waals surface area contributed by atoms with Crippen molar-refractivity contribution in [2.45, 2.75) is 33.9 Å². The topological polar surface area (TPSA) is 41.1 Å². The zero-order valence-corrected chi connectivity index (χ0v) is 14.1. The summed E-state index contributed by atoms with van der Waals surface area (Å²) in [6.07, 6.45) is 1.86. The smallest absolute Gasteiger partial charge is 0.133 e. The first kappa shape index (κ1) is 15.9. The van der Waals surface area contributed by atoms with Crippen LogP contribution in [0, 0.1) is 12.8 Å². The number of hydrogen-bond acceptors (Lipinski definition) is 5. The lowest BCUT2D eigenvalue weighted by Crippen LogP contribution is -2.23. The van der Waals surface area contributed by atoms with Gasteiger partial charge in [-0.3, -0.25) is 0 Å². The number of thiazole rings is 1. The van der Waals surface area contributed by atoms with Gasteiger partial charge in [0.2, 0.25) is 0 Å². The molecule has 0 fully saturated rings. The molecular formula is C16H24N4S.